The molecule has 0 unspecified atom stereocenters. The van der Waals surface area contributed by atoms with Gasteiger partial charge in [0.05, 0.1) is 12.2 Å². The summed E-state index contributed by atoms with van der Waals surface area (Å²) >= 11 is 3.47. The molecule has 3 heterocycles. The number of nitrogens with one attached hydrogen (secondary N) is 1. The number of imidazole rings is 1. The lowest BCUT2D eigenvalue weighted by Crippen LogP contribution is -2.29. The smallest absolute Gasteiger partial charge is 0.270 e. The Morgan fingerprint density at radius 1 is 1.06 bits per heavy atom. The van der Waals surface area contributed by atoms with Crippen LogP contribution in [0.4, 0.5) is 5.69 Å². The summed E-state index contributed by atoms with van der Waals surface area (Å²) < 4.78 is 8.58. The minimum Gasteiger partial charge on any atom is -0.492 e. The number of carbonyl (C=O) groups excluding carboxylic acids is 1. The first-order valence-corrected chi connectivity index (χ1v) is 11.9. The van der Waals surface area contributed by atoms with E-state index >= 15 is 0 Å². The fraction of sp³-hybridized carbons (Fsp3) is 0.231. The number of amides is 1. The van der Waals surface area contributed by atoms with Gasteiger partial charge in [-0.15, -0.1) is 0 Å². The standard InChI is InChI=1S/C26H25BrN4O2/c1-2-23-25(31-17-20(27)7-12-24(31)29-23)26(32)28-13-14-33-22-10-8-21(9-11-22)30-15-18-5-3-4-6-19(18)16-30/h3-12,17H,2,13-16H2,1H3,(H,28,32). The fourth-order valence-electron chi connectivity index (χ4n) is 4.24. The largest absolute Gasteiger partial charge is 0.492 e. The number of hydrogen-bond donors (Lipinski definition) is 1. The van der Waals surface area contributed by atoms with E-state index in [-0.39, 0.29) is 5.91 Å². The number of fused-ring (bicyclic) bond motifs is 2. The number of nitrogens with zero attached hydrogens (tertiary/aromatic N) is 3. The summed E-state index contributed by atoms with van der Waals surface area (Å²) in [7, 11) is 0. The Bertz CT molecular complexity index is 1270. The zero-order valence-electron chi connectivity index (χ0n) is 18.4. The van der Waals surface area contributed by atoms with Crippen molar-refractivity contribution in [2.24, 2.45) is 0 Å². The van der Waals surface area contributed by atoms with Crippen molar-refractivity contribution in [1.82, 2.24) is 14.7 Å². The molecule has 0 bridgehead atoms. The zero-order valence-corrected chi connectivity index (χ0v) is 20.0. The topological polar surface area (TPSA) is 58.9 Å². The highest BCUT2D eigenvalue weighted by atomic mass is 79.9. The van der Waals surface area contributed by atoms with Crippen LogP contribution in [0.25, 0.3) is 5.65 Å². The third-order valence-electron chi connectivity index (χ3n) is 5.90. The molecule has 1 aliphatic heterocycles. The van der Waals surface area contributed by atoms with Gasteiger partial charge in [-0.3, -0.25) is 9.20 Å². The van der Waals surface area contributed by atoms with Gasteiger partial charge in [0.1, 0.15) is 23.7 Å². The van der Waals surface area contributed by atoms with Crippen molar-refractivity contribution in [3.05, 3.63) is 93.8 Å². The van der Waals surface area contributed by atoms with E-state index in [0.29, 0.717) is 25.3 Å². The molecule has 2 aromatic heterocycles. The number of halogens is 1. The van der Waals surface area contributed by atoms with Crippen molar-refractivity contribution >= 4 is 33.2 Å². The van der Waals surface area contributed by atoms with E-state index in [1.807, 2.05) is 41.8 Å². The average molecular weight is 505 g/mol. The van der Waals surface area contributed by atoms with Gasteiger partial charge in [0.2, 0.25) is 0 Å². The second-order valence-corrected chi connectivity index (χ2v) is 8.97. The van der Waals surface area contributed by atoms with Crippen LogP contribution in [-0.4, -0.2) is 28.4 Å². The van der Waals surface area contributed by atoms with Gasteiger partial charge in [-0.05, 0) is 69.9 Å². The minimum absolute atomic E-state index is 0.148. The molecule has 6 nitrogen and oxygen atoms in total. The van der Waals surface area contributed by atoms with Crippen molar-refractivity contribution in [2.75, 3.05) is 18.1 Å². The molecular formula is C26H25BrN4O2. The third kappa shape index (κ3) is 4.46. The molecule has 0 radical (unpaired) electrons. The highest BCUT2D eigenvalue weighted by molar-refractivity contribution is 9.10. The molecule has 0 saturated heterocycles. The molecule has 1 aliphatic rings. The molecule has 5 rings (SSSR count). The van der Waals surface area contributed by atoms with Gasteiger partial charge < -0.3 is 15.0 Å². The highest BCUT2D eigenvalue weighted by Crippen LogP contribution is 2.29. The van der Waals surface area contributed by atoms with E-state index < -0.39 is 0 Å². The maximum absolute atomic E-state index is 12.9. The summed E-state index contributed by atoms with van der Waals surface area (Å²) in [5.41, 5.74) is 6.07. The quantitative estimate of drug-likeness (QED) is 0.360. The summed E-state index contributed by atoms with van der Waals surface area (Å²) in [6.45, 7) is 4.67. The lowest BCUT2D eigenvalue weighted by atomic mass is 10.1. The molecule has 33 heavy (non-hydrogen) atoms. The Labute approximate surface area is 201 Å². The SMILES string of the molecule is CCc1nc2ccc(Br)cn2c1C(=O)NCCOc1ccc(N2Cc3ccccc3C2)cc1. The van der Waals surface area contributed by atoms with Crippen molar-refractivity contribution in [3.8, 4) is 5.75 Å². The predicted molar refractivity (Wildman–Crippen MR) is 133 cm³/mol. The number of benzene rings is 2. The Hall–Kier alpha value is -3.32. The molecule has 4 aromatic rings. The van der Waals surface area contributed by atoms with Crippen LogP contribution in [0.2, 0.25) is 0 Å². The molecule has 0 aliphatic carbocycles. The first kappa shape index (κ1) is 21.5. The van der Waals surface area contributed by atoms with Crippen LogP contribution in [0, 0.1) is 0 Å². The van der Waals surface area contributed by atoms with Crippen LogP contribution in [0.15, 0.2) is 71.3 Å². The van der Waals surface area contributed by atoms with Crippen LogP contribution >= 0.6 is 15.9 Å². The van der Waals surface area contributed by atoms with Crippen LogP contribution in [0.1, 0.15) is 34.2 Å². The van der Waals surface area contributed by atoms with Crippen molar-refractivity contribution < 1.29 is 9.53 Å². The van der Waals surface area contributed by atoms with Crippen LogP contribution < -0.4 is 15.0 Å². The first-order chi connectivity index (χ1) is 16.1. The van der Waals surface area contributed by atoms with E-state index in [1.165, 1.54) is 16.8 Å². The Morgan fingerprint density at radius 2 is 1.79 bits per heavy atom. The van der Waals surface area contributed by atoms with E-state index in [0.717, 1.165) is 34.7 Å². The lowest BCUT2D eigenvalue weighted by Gasteiger charge is -2.18. The first-order valence-electron chi connectivity index (χ1n) is 11.1. The second-order valence-electron chi connectivity index (χ2n) is 8.06. The van der Waals surface area contributed by atoms with Gasteiger partial charge in [-0.2, -0.15) is 0 Å². The predicted octanol–water partition coefficient (Wildman–Crippen LogP) is 4.99. The normalized spacial score (nSPS) is 12.7. The molecule has 1 N–H and O–H groups in total. The fourth-order valence-corrected chi connectivity index (χ4v) is 4.58. The Morgan fingerprint density at radius 3 is 2.48 bits per heavy atom. The molecule has 0 saturated carbocycles. The molecule has 168 valence electrons. The van der Waals surface area contributed by atoms with Crippen LogP contribution in [0.5, 0.6) is 5.75 Å². The van der Waals surface area contributed by atoms with Gasteiger partial charge >= 0.3 is 0 Å². The van der Waals surface area contributed by atoms with Crippen molar-refractivity contribution in [2.45, 2.75) is 26.4 Å². The Kier molecular flexibility index (Phi) is 6.05. The lowest BCUT2D eigenvalue weighted by molar-refractivity contribution is 0.0940. The number of hydrogen-bond acceptors (Lipinski definition) is 4. The molecule has 0 fully saturated rings. The number of anilines is 1. The summed E-state index contributed by atoms with van der Waals surface area (Å²) in [4.78, 5) is 19.8. The van der Waals surface area contributed by atoms with Gasteiger partial charge in [-0.25, -0.2) is 4.98 Å². The summed E-state index contributed by atoms with van der Waals surface area (Å²) in [6.07, 6.45) is 2.56. The van der Waals surface area contributed by atoms with E-state index in [1.54, 1.807) is 0 Å². The molecular weight excluding hydrogens is 480 g/mol. The molecule has 0 atom stereocenters. The van der Waals surface area contributed by atoms with Gasteiger partial charge in [0.15, 0.2) is 0 Å². The number of carbonyl (C=O) groups is 1. The monoisotopic (exact) mass is 504 g/mol. The molecule has 2 aromatic carbocycles. The number of aromatic nitrogens is 2. The van der Waals surface area contributed by atoms with E-state index in [4.69, 9.17) is 4.74 Å². The van der Waals surface area contributed by atoms with E-state index in [9.17, 15) is 4.79 Å². The van der Waals surface area contributed by atoms with Crippen LogP contribution in [-0.2, 0) is 19.5 Å². The maximum Gasteiger partial charge on any atom is 0.270 e. The van der Waals surface area contributed by atoms with Crippen molar-refractivity contribution in [1.29, 1.82) is 0 Å². The minimum atomic E-state index is -0.148. The maximum atomic E-state index is 12.9. The van der Waals surface area contributed by atoms with Crippen molar-refractivity contribution in [3.63, 3.8) is 0 Å². The van der Waals surface area contributed by atoms with E-state index in [2.05, 4.69) is 67.5 Å². The zero-order chi connectivity index (χ0) is 22.8. The highest BCUT2D eigenvalue weighted by Gasteiger charge is 2.19. The summed E-state index contributed by atoms with van der Waals surface area (Å²) in [5, 5.41) is 2.96. The number of ether oxygens (including phenoxy) is 1. The van der Waals surface area contributed by atoms with Gasteiger partial charge in [0.25, 0.3) is 5.91 Å². The molecule has 1 amide bonds. The molecule has 7 heteroatoms. The van der Waals surface area contributed by atoms with Gasteiger partial charge in [0, 0.05) is 29.4 Å². The summed E-state index contributed by atoms with van der Waals surface area (Å²) in [6, 6.07) is 20.5. The second kappa shape index (κ2) is 9.27. The summed E-state index contributed by atoms with van der Waals surface area (Å²) in [5.74, 6) is 0.641. The van der Waals surface area contributed by atoms with Gasteiger partial charge in [-0.1, -0.05) is 31.2 Å². The number of pyridine rings is 1. The third-order valence-corrected chi connectivity index (χ3v) is 6.37. The number of aryl methyl sites for hydroxylation is 1. The average Bonchev–Trinajstić information content (AvgIpc) is 3.43. The number of rotatable bonds is 7. The Balaban J connectivity index is 1.16. The van der Waals surface area contributed by atoms with Crippen LogP contribution in [0.3, 0.4) is 0 Å². The molecule has 0 spiro atoms.